The monoisotopic (exact) mass is 271 g/mol. The van der Waals surface area contributed by atoms with Crippen molar-refractivity contribution in [1.29, 1.82) is 0 Å². The van der Waals surface area contributed by atoms with E-state index in [0.29, 0.717) is 11.5 Å². The molecular weight excluding hydrogens is 254 g/mol. The van der Waals surface area contributed by atoms with Crippen LogP contribution in [0.2, 0.25) is 0 Å². The van der Waals surface area contributed by atoms with Crippen molar-refractivity contribution in [3.63, 3.8) is 0 Å². The molecule has 0 bridgehead atoms. The van der Waals surface area contributed by atoms with Crippen molar-refractivity contribution in [1.82, 2.24) is 4.98 Å². The molecule has 2 rings (SSSR count). The maximum atomic E-state index is 11.8. The lowest BCUT2D eigenvalue weighted by atomic mass is 10.1. The fraction of sp³-hybridized carbons (Fsp3) is 0.200. The third kappa shape index (κ3) is 3.80. The van der Waals surface area contributed by atoms with Crippen LogP contribution in [0.25, 0.3) is 0 Å². The Kier molecular flexibility index (Phi) is 4.32. The van der Waals surface area contributed by atoms with Crippen molar-refractivity contribution >= 4 is 17.5 Å². The molecule has 1 aromatic carbocycles. The topological polar surface area (TPSA) is 74.2 Å². The average Bonchev–Trinajstić information content (AvgIpc) is 2.39. The SMILES string of the molecule is Cc1cccc(NC(=O)Nc2ccc(C(C)O)cc2)n1. The maximum Gasteiger partial charge on any atom is 0.324 e. The fourth-order valence-corrected chi connectivity index (χ4v) is 1.74. The van der Waals surface area contributed by atoms with Crippen LogP contribution < -0.4 is 10.6 Å². The van der Waals surface area contributed by atoms with Gasteiger partial charge in [-0.15, -0.1) is 0 Å². The number of amides is 2. The normalized spacial score (nSPS) is 11.8. The third-order valence-electron chi connectivity index (χ3n) is 2.78. The number of benzene rings is 1. The van der Waals surface area contributed by atoms with Crippen molar-refractivity contribution in [3.8, 4) is 0 Å². The summed E-state index contributed by atoms with van der Waals surface area (Å²) in [6.07, 6.45) is -0.519. The highest BCUT2D eigenvalue weighted by molar-refractivity contribution is 5.99. The number of aliphatic hydroxyl groups excluding tert-OH is 1. The Balaban J connectivity index is 1.97. The van der Waals surface area contributed by atoms with Gasteiger partial charge in [-0.05, 0) is 43.7 Å². The van der Waals surface area contributed by atoms with Crippen LogP contribution in [-0.2, 0) is 0 Å². The van der Waals surface area contributed by atoms with Gasteiger partial charge in [-0.1, -0.05) is 18.2 Å². The highest BCUT2D eigenvalue weighted by Gasteiger charge is 2.05. The van der Waals surface area contributed by atoms with Gasteiger partial charge in [0.05, 0.1) is 6.10 Å². The van der Waals surface area contributed by atoms with E-state index in [0.717, 1.165) is 11.3 Å². The summed E-state index contributed by atoms with van der Waals surface area (Å²) in [5.74, 6) is 0.503. The van der Waals surface area contributed by atoms with Crippen molar-refractivity contribution in [2.24, 2.45) is 0 Å². The predicted octanol–water partition coefficient (Wildman–Crippen LogP) is 3.09. The summed E-state index contributed by atoms with van der Waals surface area (Å²) in [6.45, 7) is 3.55. The highest BCUT2D eigenvalue weighted by atomic mass is 16.3. The Hall–Kier alpha value is -2.40. The molecule has 0 aliphatic heterocycles. The zero-order valence-electron chi connectivity index (χ0n) is 11.4. The molecule has 0 saturated carbocycles. The van der Waals surface area contributed by atoms with E-state index in [4.69, 9.17) is 0 Å². The zero-order valence-corrected chi connectivity index (χ0v) is 11.4. The molecule has 5 nitrogen and oxygen atoms in total. The minimum atomic E-state index is -0.519. The highest BCUT2D eigenvalue weighted by Crippen LogP contribution is 2.15. The molecule has 2 aromatic rings. The number of pyridine rings is 1. The van der Waals surface area contributed by atoms with Crippen LogP contribution in [0.3, 0.4) is 0 Å². The summed E-state index contributed by atoms with van der Waals surface area (Å²) in [5.41, 5.74) is 2.29. The quantitative estimate of drug-likeness (QED) is 0.803. The first-order chi connectivity index (χ1) is 9.54. The summed E-state index contributed by atoms with van der Waals surface area (Å²) in [6, 6.07) is 12.1. The summed E-state index contributed by atoms with van der Waals surface area (Å²) in [4.78, 5) is 16.0. The predicted molar refractivity (Wildman–Crippen MR) is 78.7 cm³/mol. The van der Waals surface area contributed by atoms with Gasteiger partial charge in [-0.3, -0.25) is 5.32 Å². The second-order valence-electron chi connectivity index (χ2n) is 4.54. The van der Waals surface area contributed by atoms with E-state index < -0.39 is 6.10 Å². The minimum absolute atomic E-state index is 0.354. The summed E-state index contributed by atoms with van der Waals surface area (Å²) >= 11 is 0. The lowest BCUT2D eigenvalue weighted by Crippen LogP contribution is -2.20. The number of rotatable bonds is 3. The van der Waals surface area contributed by atoms with Crippen LogP contribution in [0.15, 0.2) is 42.5 Å². The molecule has 0 aliphatic rings. The number of aromatic nitrogens is 1. The molecule has 3 N–H and O–H groups in total. The maximum absolute atomic E-state index is 11.8. The molecule has 5 heteroatoms. The first-order valence-corrected chi connectivity index (χ1v) is 6.34. The Morgan fingerprint density at radius 2 is 1.85 bits per heavy atom. The zero-order chi connectivity index (χ0) is 14.5. The summed E-state index contributed by atoms with van der Waals surface area (Å²) in [7, 11) is 0. The number of aliphatic hydroxyl groups is 1. The van der Waals surface area contributed by atoms with Gasteiger partial charge in [-0.25, -0.2) is 9.78 Å². The van der Waals surface area contributed by atoms with E-state index >= 15 is 0 Å². The average molecular weight is 271 g/mol. The van der Waals surface area contributed by atoms with Crippen LogP contribution in [0.4, 0.5) is 16.3 Å². The Bertz CT molecular complexity index is 594. The molecule has 1 atom stereocenters. The van der Waals surface area contributed by atoms with Crippen LogP contribution in [0.1, 0.15) is 24.3 Å². The van der Waals surface area contributed by atoms with Gasteiger partial charge < -0.3 is 10.4 Å². The van der Waals surface area contributed by atoms with Gasteiger partial charge in [0.2, 0.25) is 0 Å². The minimum Gasteiger partial charge on any atom is -0.389 e. The Labute approximate surface area is 117 Å². The molecule has 2 amide bonds. The molecule has 1 aromatic heterocycles. The van der Waals surface area contributed by atoms with Crippen molar-refractivity contribution in [3.05, 3.63) is 53.7 Å². The lowest BCUT2D eigenvalue weighted by molar-refractivity contribution is 0.199. The van der Waals surface area contributed by atoms with E-state index in [9.17, 15) is 9.90 Å². The second kappa shape index (κ2) is 6.16. The van der Waals surface area contributed by atoms with Gasteiger partial charge in [0.1, 0.15) is 5.82 Å². The van der Waals surface area contributed by atoms with Gasteiger partial charge in [0, 0.05) is 11.4 Å². The van der Waals surface area contributed by atoms with Gasteiger partial charge in [-0.2, -0.15) is 0 Å². The number of carbonyl (C=O) groups is 1. The molecule has 0 saturated heterocycles. The molecule has 0 spiro atoms. The van der Waals surface area contributed by atoms with Gasteiger partial charge >= 0.3 is 6.03 Å². The van der Waals surface area contributed by atoms with Crippen molar-refractivity contribution in [2.45, 2.75) is 20.0 Å². The molecule has 0 radical (unpaired) electrons. The van der Waals surface area contributed by atoms with Gasteiger partial charge in [0.15, 0.2) is 0 Å². The number of urea groups is 1. The molecule has 1 unspecified atom stereocenters. The van der Waals surface area contributed by atoms with Crippen LogP contribution in [0, 0.1) is 6.92 Å². The number of hydrogen-bond acceptors (Lipinski definition) is 3. The molecular formula is C15H17N3O2. The fourth-order valence-electron chi connectivity index (χ4n) is 1.74. The molecule has 1 heterocycles. The van der Waals surface area contributed by atoms with Gasteiger partial charge in [0.25, 0.3) is 0 Å². The third-order valence-corrected chi connectivity index (χ3v) is 2.78. The number of nitrogens with zero attached hydrogens (tertiary/aromatic N) is 1. The number of hydrogen-bond donors (Lipinski definition) is 3. The van der Waals surface area contributed by atoms with E-state index in [1.807, 2.05) is 19.1 Å². The first-order valence-electron chi connectivity index (χ1n) is 6.34. The first kappa shape index (κ1) is 14.0. The number of carbonyl (C=O) groups excluding carboxylic acids is 1. The molecule has 0 aliphatic carbocycles. The van der Waals surface area contributed by atoms with Crippen molar-refractivity contribution < 1.29 is 9.90 Å². The standard InChI is InChI=1S/C15H17N3O2/c1-10-4-3-5-14(16-10)18-15(20)17-13-8-6-12(7-9-13)11(2)19/h3-9,11,19H,1-2H3,(H2,16,17,18,20). The largest absolute Gasteiger partial charge is 0.389 e. The molecule has 0 fully saturated rings. The summed E-state index contributed by atoms with van der Waals surface area (Å²) < 4.78 is 0. The van der Waals surface area contributed by atoms with E-state index in [1.165, 1.54) is 0 Å². The summed E-state index contributed by atoms with van der Waals surface area (Å²) in [5, 5.41) is 14.8. The smallest absolute Gasteiger partial charge is 0.324 e. The van der Waals surface area contributed by atoms with Crippen LogP contribution in [-0.4, -0.2) is 16.1 Å². The Morgan fingerprint density at radius 3 is 2.45 bits per heavy atom. The number of nitrogens with one attached hydrogen (secondary N) is 2. The number of anilines is 2. The van der Waals surface area contributed by atoms with E-state index in [-0.39, 0.29) is 6.03 Å². The van der Waals surface area contributed by atoms with E-state index in [1.54, 1.807) is 37.3 Å². The van der Waals surface area contributed by atoms with Crippen LogP contribution >= 0.6 is 0 Å². The molecule has 104 valence electrons. The Morgan fingerprint density at radius 1 is 1.15 bits per heavy atom. The van der Waals surface area contributed by atoms with Crippen molar-refractivity contribution in [2.75, 3.05) is 10.6 Å². The molecule has 20 heavy (non-hydrogen) atoms. The van der Waals surface area contributed by atoms with Crippen LogP contribution in [0.5, 0.6) is 0 Å². The van der Waals surface area contributed by atoms with E-state index in [2.05, 4.69) is 15.6 Å². The number of aryl methyl sites for hydroxylation is 1. The lowest BCUT2D eigenvalue weighted by Gasteiger charge is -2.09. The second-order valence-corrected chi connectivity index (χ2v) is 4.54.